The van der Waals surface area contributed by atoms with Crippen molar-refractivity contribution in [2.24, 2.45) is 0 Å². The predicted molar refractivity (Wildman–Crippen MR) is 88.5 cm³/mol. The lowest BCUT2D eigenvalue weighted by atomic mass is 10.2. The van der Waals surface area contributed by atoms with E-state index in [1.165, 1.54) is 37.4 Å². The summed E-state index contributed by atoms with van der Waals surface area (Å²) >= 11 is 0. The van der Waals surface area contributed by atoms with Gasteiger partial charge in [0.05, 0.1) is 13.4 Å². The number of nitrogens with one attached hydrogen (secondary N) is 1. The van der Waals surface area contributed by atoms with Gasteiger partial charge in [-0.1, -0.05) is 6.07 Å². The number of methoxy groups -OCH3 is 1. The lowest BCUT2D eigenvalue weighted by Crippen LogP contribution is -2.29. The predicted octanol–water partition coefficient (Wildman–Crippen LogP) is 3.08. The molecule has 0 saturated heterocycles. The standard InChI is InChI=1S/C16H14F3NO6S/c1-24-14-8-10(15(21)20-27(2,22)23)6-7-13(14)25-11-4-3-5-12(9-11)26-16(17,18)19/h3-9H,1-2H3,(H,20,21). The fourth-order valence-corrected chi connectivity index (χ4v) is 2.44. The van der Waals surface area contributed by atoms with Gasteiger partial charge in [0.1, 0.15) is 11.5 Å². The minimum Gasteiger partial charge on any atom is -0.493 e. The molecule has 0 heterocycles. The number of hydrogen-bond donors (Lipinski definition) is 1. The number of carbonyl (C=O) groups is 1. The highest BCUT2D eigenvalue weighted by Crippen LogP contribution is 2.34. The molecule has 146 valence electrons. The van der Waals surface area contributed by atoms with E-state index in [9.17, 15) is 26.4 Å². The molecule has 0 unspecified atom stereocenters. The van der Waals surface area contributed by atoms with Crippen molar-refractivity contribution < 1.29 is 40.6 Å². The molecule has 0 radical (unpaired) electrons. The van der Waals surface area contributed by atoms with Crippen LogP contribution in [0.4, 0.5) is 13.2 Å². The molecule has 1 amide bonds. The topological polar surface area (TPSA) is 90.9 Å². The number of alkyl halides is 3. The van der Waals surface area contributed by atoms with Crippen LogP contribution in [0.2, 0.25) is 0 Å². The van der Waals surface area contributed by atoms with Crippen molar-refractivity contribution >= 4 is 15.9 Å². The minimum absolute atomic E-state index is 0.0150. The first-order valence-electron chi connectivity index (χ1n) is 7.21. The van der Waals surface area contributed by atoms with E-state index in [4.69, 9.17) is 9.47 Å². The Hall–Kier alpha value is -2.95. The number of halogens is 3. The van der Waals surface area contributed by atoms with Gasteiger partial charge in [-0.2, -0.15) is 0 Å². The van der Waals surface area contributed by atoms with Crippen LogP contribution in [0, 0.1) is 0 Å². The third kappa shape index (κ3) is 6.37. The van der Waals surface area contributed by atoms with Crippen LogP contribution in [-0.4, -0.2) is 34.1 Å². The molecular formula is C16H14F3NO6S. The SMILES string of the molecule is COc1cc(C(=O)NS(C)(=O)=O)ccc1Oc1cccc(OC(F)(F)F)c1. The van der Waals surface area contributed by atoms with Crippen molar-refractivity contribution in [2.45, 2.75) is 6.36 Å². The highest BCUT2D eigenvalue weighted by Gasteiger charge is 2.31. The summed E-state index contributed by atoms with van der Waals surface area (Å²) in [6, 6.07) is 8.64. The number of benzene rings is 2. The van der Waals surface area contributed by atoms with Gasteiger partial charge in [0, 0.05) is 11.6 Å². The summed E-state index contributed by atoms with van der Waals surface area (Å²) in [5.41, 5.74) is -0.0150. The number of hydrogen-bond acceptors (Lipinski definition) is 6. The second-order valence-corrected chi connectivity index (χ2v) is 6.94. The van der Waals surface area contributed by atoms with Crippen molar-refractivity contribution in [3.8, 4) is 23.0 Å². The number of carbonyl (C=O) groups excluding carboxylic acids is 1. The normalized spacial score (nSPS) is 11.6. The summed E-state index contributed by atoms with van der Waals surface area (Å²) in [6.07, 6.45) is -4.01. The third-order valence-corrected chi connectivity index (χ3v) is 3.53. The summed E-state index contributed by atoms with van der Waals surface area (Å²) in [7, 11) is -2.47. The highest BCUT2D eigenvalue weighted by molar-refractivity contribution is 7.89. The van der Waals surface area contributed by atoms with E-state index in [1.807, 2.05) is 0 Å². The summed E-state index contributed by atoms with van der Waals surface area (Å²) in [6.45, 7) is 0. The van der Waals surface area contributed by atoms with Gasteiger partial charge in [0.2, 0.25) is 10.0 Å². The van der Waals surface area contributed by atoms with E-state index in [0.717, 1.165) is 18.4 Å². The first kappa shape index (κ1) is 20.4. The quantitative estimate of drug-likeness (QED) is 0.794. The van der Waals surface area contributed by atoms with E-state index in [-0.39, 0.29) is 22.8 Å². The Kier molecular flexibility index (Phi) is 5.84. The highest BCUT2D eigenvalue weighted by atomic mass is 32.2. The summed E-state index contributed by atoms with van der Waals surface area (Å²) in [4.78, 5) is 11.9. The molecule has 0 saturated carbocycles. The Morgan fingerprint density at radius 3 is 2.30 bits per heavy atom. The largest absolute Gasteiger partial charge is 0.573 e. The van der Waals surface area contributed by atoms with Gasteiger partial charge in [0.25, 0.3) is 5.91 Å². The molecule has 2 aromatic carbocycles. The van der Waals surface area contributed by atoms with Crippen molar-refractivity contribution in [2.75, 3.05) is 13.4 Å². The number of rotatable bonds is 6. The fraction of sp³-hybridized carbons (Fsp3) is 0.188. The first-order chi connectivity index (χ1) is 12.5. The van der Waals surface area contributed by atoms with E-state index in [1.54, 1.807) is 4.72 Å². The van der Waals surface area contributed by atoms with Gasteiger partial charge in [0.15, 0.2) is 11.5 Å². The Morgan fingerprint density at radius 1 is 1.04 bits per heavy atom. The Bertz CT molecular complexity index is 943. The molecule has 0 aliphatic heterocycles. The molecule has 0 aliphatic carbocycles. The molecule has 2 rings (SSSR count). The molecule has 0 bridgehead atoms. The molecule has 7 nitrogen and oxygen atoms in total. The van der Waals surface area contributed by atoms with Crippen molar-refractivity contribution in [3.63, 3.8) is 0 Å². The van der Waals surface area contributed by atoms with Crippen LogP contribution in [0.5, 0.6) is 23.0 Å². The van der Waals surface area contributed by atoms with E-state index < -0.39 is 28.0 Å². The first-order valence-corrected chi connectivity index (χ1v) is 9.10. The Labute approximate surface area is 152 Å². The summed E-state index contributed by atoms with van der Waals surface area (Å²) in [5.74, 6) is -1.15. The number of amides is 1. The Balaban J connectivity index is 2.24. The van der Waals surface area contributed by atoms with Crippen molar-refractivity contribution in [1.29, 1.82) is 0 Å². The average molecular weight is 405 g/mol. The molecule has 0 fully saturated rings. The van der Waals surface area contributed by atoms with Crippen LogP contribution >= 0.6 is 0 Å². The second-order valence-electron chi connectivity index (χ2n) is 5.19. The van der Waals surface area contributed by atoms with Crippen LogP contribution < -0.4 is 18.9 Å². The maximum atomic E-state index is 12.3. The monoisotopic (exact) mass is 405 g/mol. The molecular weight excluding hydrogens is 391 g/mol. The minimum atomic E-state index is -4.84. The van der Waals surface area contributed by atoms with Crippen molar-refractivity contribution in [1.82, 2.24) is 4.72 Å². The molecule has 0 atom stereocenters. The fourth-order valence-electron chi connectivity index (χ4n) is 1.98. The lowest BCUT2D eigenvalue weighted by Gasteiger charge is -2.13. The number of ether oxygens (including phenoxy) is 3. The van der Waals surface area contributed by atoms with E-state index in [0.29, 0.717) is 0 Å². The second kappa shape index (κ2) is 7.74. The molecule has 2 aromatic rings. The van der Waals surface area contributed by atoms with Crippen LogP contribution in [0.1, 0.15) is 10.4 Å². The average Bonchev–Trinajstić information content (AvgIpc) is 2.52. The van der Waals surface area contributed by atoms with Crippen molar-refractivity contribution in [3.05, 3.63) is 48.0 Å². The lowest BCUT2D eigenvalue weighted by molar-refractivity contribution is -0.274. The van der Waals surface area contributed by atoms with Gasteiger partial charge in [-0.05, 0) is 30.3 Å². The van der Waals surface area contributed by atoms with Gasteiger partial charge in [-0.25, -0.2) is 13.1 Å². The van der Waals surface area contributed by atoms with Gasteiger partial charge in [-0.15, -0.1) is 13.2 Å². The summed E-state index contributed by atoms with van der Waals surface area (Å²) < 4.78 is 75.3. The molecule has 0 aliphatic rings. The third-order valence-electron chi connectivity index (χ3n) is 2.97. The van der Waals surface area contributed by atoms with Crippen LogP contribution in [-0.2, 0) is 10.0 Å². The van der Waals surface area contributed by atoms with E-state index in [2.05, 4.69) is 4.74 Å². The van der Waals surface area contributed by atoms with Gasteiger partial charge in [-0.3, -0.25) is 4.79 Å². The van der Waals surface area contributed by atoms with Crippen LogP contribution in [0.15, 0.2) is 42.5 Å². The Morgan fingerprint density at radius 2 is 1.70 bits per heavy atom. The van der Waals surface area contributed by atoms with Crippen LogP contribution in [0.25, 0.3) is 0 Å². The molecule has 27 heavy (non-hydrogen) atoms. The summed E-state index contributed by atoms with van der Waals surface area (Å²) in [5, 5.41) is 0. The maximum absolute atomic E-state index is 12.3. The molecule has 1 N–H and O–H groups in total. The van der Waals surface area contributed by atoms with Crippen LogP contribution in [0.3, 0.4) is 0 Å². The zero-order valence-corrected chi connectivity index (χ0v) is 14.8. The molecule has 0 spiro atoms. The van der Waals surface area contributed by atoms with E-state index >= 15 is 0 Å². The smallest absolute Gasteiger partial charge is 0.493 e. The number of sulfonamides is 1. The zero-order chi connectivity index (χ0) is 20.2. The zero-order valence-electron chi connectivity index (χ0n) is 14.0. The molecule has 0 aromatic heterocycles. The maximum Gasteiger partial charge on any atom is 0.573 e. The van der Waals surface area contributed by atoms with Gasteiger partial charge >= 0.3 is 6.36 Å². The van der Waals surface area contributed by atoms with Gasteiger partial charge < -0.3 is 14.2 Å². The molecule has 11 heteroatoms.